The van der Waals surface area contributed by atoms with Gasteiger partial charge in [-0.1, -0.05) is 6.08 Å². The molecule has 130 valence electrons. The minimum absolute atomic E-state index is 0.236. The Morgan fingerprint density at radius 3 is 2.46 bits per heavy atom. The molecular formula is C19H27N3O2. The van der Waals surface area contributed by atoms with Crippen LogP contribution in [0, 0.1) is 0 Å². The van der Waals surface area contributed by atoms with Crippen LogP contribution in [0.4, 0.5) is 10.6 Å². The van der Waals surface area contributed by atoms with Crippen LogP contribution >= 0.6 is 0 Å². The number of hydrogen-bond donors (Lipinski definition) is 0. The molecule has 0 spiro atoms. The van der Waals surface area contributed by atoms with E-state index in [9.17, 15) is 4.79 Å². The van der Waals surface area contributed by atoms with Gasteiger partial charge in [0.15, 0.2) is 0 Å². The van der Waals surface area contributed by atoms with E-state index in [1.54, 1.807) is 4.90 Å². The van der Waals surface area contributed by atoms with Crippen LogP contribution in [0.15, 0.2) is 24.4 Å². The van der Waals surface area contributed by atoms with E-state index in [4.69, 9.17) is 4.74 Å². The second-order valence-electron chi connectivity index (χ2n) is 7.50. The van der Waals surface area contributed by atoms with Crippen molar-refractivity contribution in [3.05, 3.63) is 30.0 Å². The van der Waals surface area contributed by atoms with Gasteiger partial charge in [0.1, 0.15) is 11.4 Å². The van der Waals surface area contributed by atoms with E-state index in [0.29, 0.717) is 13.1 Å². The van der Waals surface area contributed by atoms with Crippen LogP contribution in [0.3, 0.4) is 0 Å². The van der Waals surface area contributed by atoms with Crippen molar-refractivity contribution in [2.75, 3.05) is 31.1 Å². The first-order valence-corrected chi connectivity index (χ1v) is 8.81. The highest BCUT2D eigenvalue weighted by Gasteiger charge is 2.24. The highest BCUT2D eigenvalue weighted by molar-refractivity contribution is 5.72. The first kappa shape index (κ1) is 16.8. The first-order chi connectivity index (χ1) is 11.4. The monoisotopic (exact) mass is 329 g/mol. The molecule has 1 aromatic rings. The number of carbonyl (C=O) groups excluding carboxylic acids is 1. The molecule has 3 heterocycles. The predicted molar refractivity (Wildman–Crippen MR) is 96.1 cm³/mol. The Morgan fingerprint density at radius 1 is 1.17 bits per heavy atom. The fraction of sp³-hybridized carbons (Fsp3) is 0.579. The number of pyridine rings is 1. The van der Waals surface area contributed by atoms with Crippen LogP contribution in [0.1, 0.15) is 45.6 Å². The minimum atomic E-state index is -0.448. The van der Waals surface area contributed by atoms with Gasteiger partial charge >= 0.3 is 6.09 Å². The maximum absolute atomic E-state index is 12.1. The molecule has 0 bridgehead atoms. The molecule has 3 rings (SSSR count). The van der Waals surface area contributed by atoms with Gasteiger partial charge < -0.3 is 14.5 Å². The summed E-state index contributed by atoms with van der Waals surface area (Å²) < 4.78 is 5.43. The second kappa shape index (κ2) is 6.83. The summed E-state index contributed by atoms with van der Waals surface area (Å²) in [7, 11) is 0. The summed E-state index contributed by atoms with van der Waals surface area (Å²) in [5.41, 5.74) is 1.97. The van der Waals surface area contributed by atoms with Crippen molar-refractivity contribution < 1.29 is 9.53 Å². The van der Waals surface area contributed by atoms with Crippen molar-refractivity contribution in [2.24, 2.45) is 0 Å². The lowest BCUT2D eigenvalue weighted by Gasteiger charge is -2.29. The molecule has 0 saturated carbocycles. The number of aromatic nitrogens is 1. The Kier molecular flexibility index (Phi) is 4.78. The normalized spacial score (nSPS) is 18.5. The number of hydrogen-bond acceptors (Lipinski definition) is 4. The average molecular weight is 329 g/mol. The Hall–Kier alpha value is -2.04. The number of nitrogens with zero attached hydrogens (tertiary/aromatic N) is 3. The smallest absolute Gasteiger partial charge is 0.410 e. The summed E-state index contributed by atoms with van der Waals surface area (Å²) in [6, 6.07) is 4.26. The highest BCUT2D eigenvalue weighted by Crippen LogP contribution is 2.25. The first-order valence-electron chi connectivity index (χ1n) is 8.81. The summed E-state index contributed by atoms with van der Waals surface area (Å²) in [4.78, 5) is 20.8. The fourth-order valence-electron chi connectivity index (χ4n) is 3.13. The SMILES string of the molecule is CC(C)(C)OC(=O)N1CC=C(c2ccc(N3CCCC3)nc2)CC1. The average Bonchev–Trinajstić information content (AvgIpc) is 3.08. The van der Waals surface area contributed by atoms with Crippen LogP contribution < -0.4 is 4.90 Å². The molecule has 0 unspecified atom stereocenters. The van der Waals surface area contributed by atoms with Crippen LogP contribution in [-0.4, -0.2) is 47.8 Å². The van der Waals surface area contributed by atoms with Gasteiger partial charge in [-0.2, -0.15) is 0 Å². The molecule has 0 aromatic carbocycles. The number of rotatable bonds is 2. The minimum Gasteiger partial charge on any atom is -0.444 e. The molecule has 0 atom stereocenters. The Labute approximate surface area is 144 Å². The third-order valence-electron chi connectivity index (χ3n) is 4.41. The van der Waals surface area contributed by atoms with Gasteiger partial charge in [0.25, 0.3) is 0 Å². The van der Waals surface area contributed by atoms with Gasteiger partial charge in [-0.05, 0) is 63.3 Å². The van der Waals surface area contributed by atoms with Crippen LogP contribution in [-0.2, 0) is 4.74 Å². The zero-order chi connectivity index (χ0) is 17.2. The maximum Gasteiger partial charge on any atom is 0.410 e. The fourth-order valence-corrected chi connectivity index (χ4v) is 3.13. The third kappa shape index (κ3) is 4.08. The van der Waals surface area contributed by atoms with Crippen molar-refractivity contribution in [1.82, 2.24) is 9.88 Å². The molecule has 24 heavy (non-hydrogen) atoms. The summed E-state index contributed by atoms with van der Waals surface area (Å²) >= 11 is 0. The highest BCUT2D eigenvalue weighted by atomic mass is 16.6. The van der Waals surface area contributed by atoms with E-state index in [-0.39, 0.29) is 6.09 Å². The van der Waals surface area contributed by atoms with E-state index in [0.717, 1.165) is 30.9 Å². The summed E-state index contributed by atoms with van der Waals surface area (Å²) in [6.45, 7) is 9.18. The number of amides is 1. The zero-order valence-electron chi connectivity index (χ0n) is 14.9. The largest absolute Gasteiger partial charge is 0.444 e. The topological polar surface area (TPSA) is 45.7 Å². The lowest BCUT2D eigenvalue weighted by Crippen LogP contribution is -2.39. The Morgan fingerprint density at radius 2 is 1.92 bits per heavy atom. The van der Waals surface area contributed by atoms with E-state index >= 15 is 0 Å². The number of anilines is 1. The van der Waals surface area contributed by atoms with E-state index in [1.807, 2.05) is 27.0 Å². The van der Waals surface area contributed by atoms with Gasteiger partial charge in [0, 0.05) is 32.4 Å². The molecule has 2 aliphatic rings. The summed E-state index contributed by atoms with van der Waals surface area (Å²) in [5, 5.41) is 0. The molecule has 0 radical (unpaired) electrons. The molecule has 1 amide bonds. The van der Waals surface area contributed by atoms with Crippen LogP contribution in [0.25, 0.3) is 5.57 Å². The second-order valence-corrected chi connectivity index (χ2v) is 7.50. The lowest BCUT2D eigenvalue weighted by atomic mass is 10.0. The van der Waals surface area contributed by atoms with Gasteiger partial charge in [-0.15, -0.1) is 0 Å². The zero-order valence-corrected chi connectivity index (χ0v) is 14.9. The van der Waals surface area contributed by atoms with E-state index in [1.165, 1.54) is 18.4 Å². The maximum atomic E-state index is 12.1. The summed E-state index contributed by atoms with van der Waals surface area (Å²) in [5.74, 6) is 1.07. The van der Waals surface area contributed by atoms with E-state index < -0.39 is 5.60 Å². The molecule has 0 N–H and O–H groups in total. The Bertz CT molecular complexity index is 610. The third-order valence-corrected chi connectivity index (χ3v) is 4.41. The molecule has 1 aromatic heterocycles. The van der Waals surface area contributed by atoms with Crippen molar-refractivity contribution in [2.45, 2.75) is 45.6 Å². The Balaban J connectivity index is 1.61. The van der Waals surface area contributed by atoms with E-state index in [2.05, 4.69) is 28.1 Å². The van der Waals surface area contributed by atoms with Gasteiger partial charge in [0.2, 0.25) is 0 Å². The standard InChI is InChI=1S/C19H27N3O2/c1-19(2,3)24-18(23)22-12-8-15(9-13-22)16-6-7-17(20-14-16)21-10-4-5-11-21/h6-8,14H,4-5,9-13H2,1-3H3. The molecule has 5 nitrogen and oxygen atoms in total. The number of carbonyl (C=O) groups is 1. The molecule has 0 aliphatic carbocycles. The van der Waals surface area contributed by atoms with Crippen molar-refractivity contribution in [3.8, 4) is 0 Å². The van der Waals surface area contributed by atoms with Crippen LogP contribution in [0.2, 0.25) is 0 Å². The van der Waals surface area contributed by atoms with Crippen molar-refractivity contribution >= 4 is 17.5 Å². The van der Waals surface area contributed by atoms with Gasteiger partial charge in [0.05, 0.1) is 0 Å². The van der Waals surface area contributed by atoms with Crippen molar-refractivity contribution in [3.63, 3.8) is 0 Å². The quantitative estimate of drug-likeness (QED) is 0.830. The van der Waals surface area contributed by atoms with Crippen LogP contribution in [0.5, 0.6) is 0 Å². The van der Waals surface area contributed by atoms with Crippen molar-refractivity contribution in [1.29, 1.82) is 0 Å². The summed E-state index contributed by atoms with van der Waals surface area (Å²) in [6.07, 6.45) is 7.19. The molecule has 1 saturated heterocycles. The molecule has 2 aliphatic heterocycles. The van der Waals surface area contributed by atoms with Gasteiger partial charge in [-0.25, -0.2) is 9.78 Å². The lowest BCUT2D eigenvalue weighted by molar-refractivity contribution is 0.0270. The molecule has 5 heteroatoms. The molecule has 1 fully saturated rings. The molecular weight excluding hydrogens is 302 g/mol. The predicted octanol–water partition coefficient (Wildman–Crippen LogP) is 3.71. The number of ether oxygens (including phenoxy) is 1. The van der Waals surface area contributed by atoms with Gasteiger partial charge in [-0.3, -0.25) is 0 Å².